The number of carboxylic acids is 1. The second kappa shape index (κ2) is 6.88. The molecule has 0 aliphatic carbocycles. The zero-order chi connectivity index (χ0) is 14.5. The van der Waals surface area contributed by atoms with E-state index in [1.807, 2.05) is 16.3 Å². The summed E-state index contributed by atoms with van der Waals surface area (Å²) in [6.45, 7) is 3.57. The number of amides is 1. The Balaban J connectivity index is 1.87. The highest BCUT2D eigenvalue weighted by atomic mass is 32.1. The highest BCUT2D eigenvalue weighted by Gasteiger charge is 2.25. The van der Waals surface area contributed by atoms with Crippen molar-refractivity contribution in [2.45, 2.75) is 39.0 Å². The average Bonchev–Trinajstić information content (AvgIpc) is 2.93. The van der Waals surface area contributed by atoms with Gasteiger partial charge >= 0.3 is 5.97 Å². The van der Waals surface area contributed by atoms with Crippen LogP contribution in [0.4, 0.5) is 0 Å². The standard InChI is InChI=1S/C15H21NO3S/c1-2-12-7-10-20-14(12)15(19)16-8-5-11(6-9-16)3-4-13(17)18/h7,10-11H,2-6,8-9H2,1H3,(H,17,18). The predicted octanol–water partition coefficient (Wildman–Crippen LogP) is 3.03. The molecule has 20 heavy (non-hydrogen) atoms. The summed E-state index contributed by atoms with van der Waals surface area (Å²) < 4.78 is 0. The molecule has 1 aromatic heterocycles. The third-order valence-electron chi connectivity index (χ3n) is 3.99. The summed E-state index contributed by atoms with van der Waals surface area (Å²) in [7, 11) is 0. The molecule has 0 atom stereocenters. The Bertz CT molecular complexity index is 475. The van der Waals surface area contributed by atoms with Gasteiger partial charge in [0.2, 0.25) is 0 Å². The molecule has 2 rings (SSSR count). The second-order valence-corrected chi connectivity index (χ2v) is 6.21. The van der Waals surface area contributed by atoms with Gasteiger partial charge in [0.1, 0.15) is 0 Å². The fraction of sp³-hybridized carbons (Fsp3) is 0.600. The molecule has 1 aromatic rings. The van der Waals surface area contributed by atoms with E-state index in [0.717, 1.165) is 49.2 Å². The van der Waals surface area contributed by atoms with E-state index >= 15 is 0 Å². The minimum Gasteiger partial charge on any atom is -0.481 e. The molecule has 4 nitrogen and oxygen atoms in total. The molecule has 0 aromatic carbocycles. The van der Waals surface area contributed by atoms with Crippen molar-refractivity contribution in [2.24, 2.45) is 5.92 Å². The number of nitrogens with zero attached hydrogens (tertiary/aromatic N) is 1. The van der Waals surface area contributed by atoms with E-state index in [0.29, 0.717) is 5.92 Å². The van der Waals surface area contributed by atoms with E-state index in [1.165, 1.54) is 11.3 Å². The van der Waals surface area contributed by atoms with Crippen molar-refractivity contribution in [1.29, 1.82) is 0 Å². The van der Waals surface area contributed by atoms with Crippen molar-refractivity contribution in [3.8, 4) is 0 Å². The SMILES string of the molecule is CCc1ccsc1C(=O)N1CCC(CCC(=O)O)CC1. The lowest BCUT2D eigenvalue weighted by Crippen LogP contribution is -2.38. The third kappa shape index (κ3) is 3.60. The van der Waals surface area contributed by atoms with Crippen LogP contribution in [-0.4, -0.2) is 35.0 Å². The van der Waals surface area contributed by atoms with Gasteiger partial charge in [-0.15, -0.1) is 11.3 Å². The lowest BCUT2D eigenvalue weighted by atomic mass is 9.92. The van der Waals surface area contributed by atoms with E-state index in [4.69, 9.17) is 5.11 Å². The van der Waals surface area contributed by atoms with Gasteiger partial charge < -0.3 is 10.0 Å². The minimum atomic E-state index is -0.727. The average molecular weight is 295 g/mol. The Morgan fingerprint density at radius 2 is 2.10 bits per heavy atom. The van der Waals surface area contributed by atoms with Gasteiger partial charge in [0, 0.05) is 19.5 Å². The van der Waals surface area contributed by atoms with Crippen LogP contribution in [0.2, 0.25) is 0 Å². The number of thiophene rings is 1. The van der Waals surface area contributed by atoms with E-state index < -0.39 is 5.97 Å². The van der Waals surface area contributed by atoms with Crippen LogP contribution < -0.4 is 0 Å². The van der Waals surface area contributed by atoms with Gasteiger partial charge in [-0.05, 0) is 48.6 Å². The Labute approximate surface area is 123 Å². The normalized spacial score (nSPS) is 16.4. The molecule has 1 saturated heterocycles. The van der Waals surface area contributed by atoms with Crippen LogP contribution in [0.5, 0.6) is 0 Å². The summed E-state index contributed by atoms with van der Waals surface area (Å²) in [6, 6.07) is 2.03. The van der Waals surface area contributed by atoms with E-state index in [1.54, 1.807) is 0 Å². The number of aryl methyl sites for hydroxylation is 1. The number of carbonyl (C=O) groups is 2. The highest BCUT2D eigenvalue weighted by molar-refractivity contribution is 7.12. The van der Waals surface area contributed by atoms with Gasteiger partial charge in [-0.1, -0.05) is 6.92 Å². The predicted molar refractivity (Wildman–Crippen MR) is 79.2 cm³/mol. The number of hydrogen-bond donors (Lipinski definition) is 1. The molecule has 0 radical (unpaired) electrons. The first-order valence-corrected chi connectivity index (χ1v) is 8.07. The molecule has 0 bridgehead atoms. The van der Waals surface area contributed by atoms with Crippen molar-refractivity contribution in [3.05, 3.63) is 21.9 Å². The van der Waals surface area contributed by atoms with Crippen LogP contribution in [-0.2, 0) is 11.2 Å². The summed E-state index contributed by atoms with van der Waals surface area (Å²) in [6.07, 6.45) is 3.71. The molecule has 1 aliphatic heterocycles. The lowest BCUT2D eigenvalue weighted by molar-refractivity contribution is -0.137. The summed E-state index contributed by atoms with van der Waals surface area (Å²) in [5.74, 6) is -0.132. The molecule has 0 saturated carbocycles. The molecular formula is C15H21NO3S. The molecule has 110 valence electrons. The van der Waals surface area contributed by atoms with Crippen LogP contribution in [0.25, 0.3) is 0 Å². The minimum absolute atomic E-state index is 0.147. The molecular weight excluding hydrogens is 274 g/mol. The van der Waals surface area contributed by atoms with Crippen LogP contribution in [0.1, 0.15) is 47.8 Å². The maximum Gasteiger partial charge on any atom is 0.303 e. The number of aliphatic carboxylic acids is 1. The van der Waals surface area contributed by atoms with Gasteiger partial charge in [-0.2, -0.15) is 0 Å². The van der Waals surface area contributed by atoms with Crippen LogP contribution >= 0.6 is 11.3 Å². The zero-order valence-electron chi connectivity index (χ0n) is 11.8. The number of hydrogen-bond acceptors (Lipinski definition) is 3. The van der Waals surface area contributed by atoms with Crippen molar-refractivity contribution < 1.29 is 14.7 Å². The highest BCUT2D eigenvalue weighted by Crippen LogP contribution is 2.25. The number of carbonyl (C=O) groups excluding carboxylic acids is 1. The van der Waals surface area contributed by atoms with Crippen LogP contribution in [0.3, 0.4) is 0 Å². The van der Waals surface area contributed by atoms with Crippen molar-refractivity contribution >= 4 is 23.2 Å². The monoisotopic (exact) mass is 295 g/mol. The van der Waals surface area contributed by atoms with Gasteiger partial charge in [0.05, 0.1) is 4.88 Å². The van der Waals surface area contributed by atoms with E-state index in [9.17, 15) is 9.59 Å². The summed E-state index contributed by atoms with van der Waals surface area (Å²) in [4.78, 5) is 25.8. The molecule has 1 aliphatic rings. The van der Waals surface area contributed by atoms with Crippen molar-refractivity contribution in [2.75, 3.05) is 13.1 Å². The second-order valence-electron chi connectivity index (χ2n) is 5.30. The number of carboxylic acid groups (broad SMARTS) is 1. The fourth-order valence-electron chi connectivity index (χ4n) is 2.70. The molecule has 1 amide bonds. The largest absolute Gasteiger partial charge is 0.481 e. The smallest absolute Gasteiger partial charge is 0.303 e. The molecule has 5 heteroatoms. The van der Waals surface area contributed by atoms with E-state index in [-0.39, 0.29) is 12.3 Å². The topological polar surface area (TPSA) is 57.6 Å². The number of likely N-dealkylation sites (tertiary alicyclic amines) is 1. The molecule has 0 unspecified atom stereocenters. The Kier molecular flexibility index (Phi) is 5.17. The van der Waals surface area contributed by atoms with Gasteiger partial charge in [0.15, 0.2) is 0 Å². The maximum absolute atomic E-state index is 12.5. The molecule has 1 fully saturated rings. The summed E-state index contributed by atoms with van der Waals surface area (Å²) in [5.41, 5.74) is 1.13. The summed E-state index contributed by atoms with van der Waals surface area (Å²) in [5, 5.41) is 10.7. The zero-order valence-corrected chi connectivity index (χ0v) is 12.6. The van der Waals surface area contributed by atoms with Gasteiger partial charge in [-0.25, -0.2) is 0 Å². The molecule has 2 heterocycles. The fourth-order valence-corrected chi connectivity index (χ4v) is 3.66. The van der Waals surface area contributed by atoms with Crippen LogP contribution in [0, 0.1) is 5.92 Å². The molecule has 1 N–H and O–H groups in total. The Morgan fingerprint density at radius 1 is 1.40 bits per heavy atom. The Morgan fingerprint density at radius 3 is 2.70 bits per heavy atom. The first-order valence-electron chi connectivity index (χ1n) is 7.19. The first-order chi connectivity index (χ1) is 9.61. The van der Waals surface area contributed by atoms with Crippen LogP contribution in [0.15, 0.2) is 11.4 Å². The number of rotatable bonds is 5. The summed E-state index contributed by atoms with van der Waals surface area (Å²) >= 11 is 1.52. The molecule has 0 spiro atoms. The Hall–Kier alpha value is -1.36. The van der Waals surface area contributed by atoms with Crippen molar-refractivity contribution in [1.82, 2.24) is 4.90 Å². The first kappa shape index (κ1) is 15.0. The van der Waals surface area contributed by atoms with Crippen molar-refractivity contribution in [3.63, 3.8) is 0 Å². The quantitative estimate of drug-likeness (QED) is 0.908. The lowest BCUT2D eigenvalue weighted by Gasteiger charge is -2.31. The van der Waals surface area contributed by atoms with Gasteiger partial charge in [0.25, 0.3) is 5.91 Å². The number of piperidine rings is 1. The maximum atomic E-state index is 12.5. The van der Waals surface area contributed by atoms with Gasteiger partial charge in [-0.3, -0.25) is 9.59 Å². The van der Waals surface area contributed by atoms with E-state index in [2.05, 4.69) is 6.92 Å². The third-order valence-corrected chi connectivity index (χ3v) is 4.93.